The highest BCUT2D eigenvalue weighted by atomic mass is 16.5. The summed E-state index contributed by atoms with van der Waals surface area (Å²) in [6, 6.07) is 5.94. The molecular formula is C21H28N6O2. The third-order valence-electron chi connectivity index (χ3n) is 5.18. The summed E-state index contributed by atoms with van der Waals surface area (Å²) >= 11 is 0. The fraction of sp³-hybridized carbons (Fsp3) is 0.524. The Kier molecular flexibility index (Phi) is 5.02. The van der Waals surface area contributed by atoms with E-state index in [-0.39, 0.29) is 11.3 Å². The minimum atomic E-state index is -0.0809. The Morgan fingerprint density at radius 1 is 1.24 bits per heavy atom. The van der Waals surface area contributed by atoms with Gasteiger partial charge in [0.1, 0.15) is 12.1 Å². The van der Waals surface area contributed by atoms with Crippen LogP contribution >= 0.6 is 0 Å². The lowest BCUT2D eigenvalue weighted by Crippen LogP contribution is -2.24. The summed E-state index contributed by atoms with van der Waals surface area (Å²) < 4.78 is 9.73. The minimum absolute atomic E-state index is 0.0268. The number of anilines is 1. The number of aryl methyl sites for hydroxylation is 1. The number of carbonyl (C=O) groups excluding carboxylic acids is 1. The van der Waals surface area contributed by atoms with Crippen LogP contribution < -0.4 is 10.1 Å². The molecule has 0 atom stereocenters. The number of fused-ring (bicyclic) bond motifs is 1. The predicted molar refractivity (Wildman–Crippen MR) is 111 cm³/mol. The Balaban J connectivity index is 1.61. The van der Waals surface area contributed by atoms with E-state index in [1.807, 2.05) is 25.2 Å². The molecular weight excluding hydrogens is 368 g/mol. The van der Waals surface area contributed by atoms with Crippen molar-refractivity contribution >= 4 is 23.0 Å². The van der Waals surface area contributed by atoms with Crippen molar-refractivity contribution in [2.75, 3.05) is 5.32 Å². The molecule has 154 valence electrons. The second-order valence-electron chi connectivity index (χ2n) is 8.90. The van der Waals surface area contributed by atoms with E-state index in [1.54, 1.807) is 10.9 Å². The van der Waals surface area contributed by atoms with Crippen LogP contribution in [0.5, 0.6) is 5.88 Å². The van der Waals surface area contributed by atoms with Crippen molar-refractivity contribution in [2.45, 2.75) is 59.1 Å². The van der Waals surface area contributed by atoms with Crippen LogP contribution in [0.25, 0.3) is 11.2 Å². The van der Waals surface area contributed by atoms with Crippen LogP contribution in [0.1, 0.15) is 58.2 Å². The molecule has 1 aliphatic carbocycles. The first-order chi connectivity index (χ1) is 13.8. The second kappa shape index (κ2) is 7.50. The summed E-state index contributed by atoms with van der Waals surface area (Å²) in [6.07, 6.45) is 5.49. The highest BCUT2D eigenvalue weighted by molar-refractivity contribution is 5.91. The van der Waals surface area contributed by atoms with Crippen molar-refractivity contribution in [3.63, 3.8) is 0 Å². The van der Waals surface area contributed by atoms with Crippen LogP contribution in [-0.2, 0) is 18.4 Å². The number of rotatable bonds is 6. The van der Waals surface area contributed by atoms with Gasteiger partial charge in [-0.05, 0) is 36.8 Å². The number of ether oxygens (including phenoxy) is 1. The fourth-order valence-electron chi connectivity index (χ4n) is 3.46. The molecule has 3 aromatic heterocycles. The number of amides is 1. The monoisotopic (exact) mass is 396 g/mol. The summed E-state index contributed by atoms with van der Waals surface area (Å²) in [6.45, 7) is 6.54. The lowest BCUT2D eigenvalue weighted by molar-refractivity contribution is -0.117. The Bertz CT molecular complexity index is 1030. The number of imidazole rings is 1. The maximum atomic E-state index is 12.5. The van der Waals surface area contributed by atoms with E-state index in [0.717, 1.165) is 29.7 Å². The molecule has 1 aliphatic rings. The van der Waals surface area contributed by atoms with E-state index in [1.165, 1.54) is 6.42 Å². The Labute approximate surface area is 170 Å². The largest absolute Gasteiger partial charge is 0.471 e. The van der Waals surface area contributed by atoms with Gasteiger partial charge in [0.2, 0.25) is 17.7 Å². The molecule has 0 radical (unpaired) electrons. The molecule has 3 aromatic rings. The van der Waals surface area contributed by atoms with Crippen LogP contribution in [0.2, 0.25) is 0 Å². The molecule has 8 heteroatoms. The van der Waals surface area contributed by atoms with Gasteiger partial charge in [-0.2, -0.15) is 10.1 Å². The zero-order chi connectivity index (χ0) is 20.6. The van der Waals surface area contributed by atoms with Crippen LogP contribution in [0.3, 0.4) is 0 Å². The second-order valence-corrected chi connectivity index (χ2v) is 8.90. The number of nitrogens with zero attached hydrogens (tertiary/aromatic N) is 5. The lowest BCUT2D eigenvalue weighted by Gasteiger charge is -2.28. The van der Waals surface area contributed by atoms with Gasteiger partial charge < -0.3 is 4.74 Å². The maximum absolute atomic E-state index is 12.5. The van der Waals surface area contributed by atoms with E-state index in [4.69, 9.17) is 9.72 Å². The number of aromatic nitrogens is 5. The van der Waals surface area contributed by atoms with Crippen LogP contribution in [0.15, 0.2) is 24.4 Å². The molecule has 0 spiro atoms. The zero-order valence-corrected chi connectivity index (χ0v) is 17.5. The molecule has 0 saturated heterocycles. The highest BCUT2D eigenvalue weighted by Crippen LogP contribution is 2.37. The molecule has 0 bridgehead atoms. The fourth-order valence-corrected chi connectivity index (χ4v) is 3.46. The zero-order valence-electron chi connectivity index (χ0n) is 17.5. The van der Waals surface area contributed by atoms with Crippen LogP contribution in [0.4, 0.5) is 5.95 Å². The van der Waals surface area contributed by atoms with E-state index in [9.17, 15) is 4.79 Å². The van der Waals surface area contributed by atoms with Gasteiger partial charge in [0.05, 0.1) is 5.69 Å². The van der Waals surface area contributed by atoms with Crippen molar-refractivity contribution in [3.8, 4) is 5.88 Å². The SMILES string of the molecule is Cn1nccc1COc1ccc2nc(NC(=O)CC(C)(C)C)n(C3CCC3)c2n1. The van der Waals surface area contributed by atoms with E-state index in [0.29, 0.717) is 30.9 Å². The first kappa shape index (κ1) is 19.4. The van der Waals surface area contributed by atoms with E-state index >= 15 is 0 Å². The normalized spacial score (nSPS) is 14.8. The average Bonchev–Trinajstić information content (AvgIpc) is 3.14. The predicted octanol–water partition coefficient (Wildman–Crippen LogP) is 3.84. The first-order valence-corrected chi connectivity index (χ1v) is 10.1. The number of nitrogens with one attached hydrogen (secondary N) is 1. The molecule has 1 N–H and O–H groups in total. The molecule has 0 aliphatic heterocycles. The molecule has 3 heterocycles. The van der Waals surface area contributed by atoms with Gasteiger partial charge in [-0.25, -0.2) is 4.98 Å². The number of pyridine rings is 1. The molecule has 4 rings (SSSR count). The van der Waals surface area contributed by atoms with Crippen molar-refractivity contribution in [3.05, 3.63) is 30.1 Å². The van der Waals surface area contributed by atoms with Gasteiger partial charge in [0, 0.05) is 31.8 Å². The van der Waals surface area contributed by atoms with Crippen molar-refractivity contribution in [1.29, 1.82) is 0 Å². The summed E-state index contributed by atoms with van der Waals surface area (Å²) in [5, 5.41) is 7.16. The summed E-state index contributed by atoms with van der Waals surface area (Å²) in [5.41, 5.74) is 2.40. The topological polar surface area (TPSA) is 86.9 Å². The smallest absolute Gasteiger partial charge is 0.227 e. The Morgan fingerprint density at radius 2 is 2.03 bits per heavy atom. The van der Waals surface area contributed by atoms with Gasteiger partial charge >= 0.3 is 0 Å². The van der Waals surface area contributed by atoms with Crippen molar-refractivity contribution < 1.29 is 9.53 Å². The van der Waals surface area contributed by atoms with Crippen LogP contribution in [-0.4, -0.2) is 30.2 Å². The molecule has 1 amide bonds. The Morgan fingerprint density at radius 3 is 2.66 bits per heavy atom. The first-order valence-electron chi connectivity index (χ1n) is 10.1. The Hall–Kier alpha value is -2.90. The molecule has 1 saturated carbocycles. The lowest BCUT2D eigenvalue weighted by atomic mass is 9.92. The summed E-state index contributed by atoms with van der Waals surface area (Å²) in [5.74, 6) is 1.09. The van der Waals surface area contributed by atoms with Gasteiger partial charge in [-0.3, -0.25) is 19.4 Å². The van der Waals surface area contributed by atoms with Crippen molar-refractivity contribution in [2.24, 2.45) is 12.5 Å². The van der Waals surface area contributed by atoms with E-state index < -0.39 is 0 Å². The molecule has 29 heavy (non-hydrogen) atoms. The van der Waals surface area contributed by atoms with Crippen molar-refractivity contribution in [1.82, 2.24) is 24.3 Å². The quantitative estimate of drug-likeness (QED) is 0.684. The molecule has 8 nitrogen and oxygen atoms in total. The standard InChI is InChI=1S/C21H28N6O2/c1-21(2,3)12-17(28)24-20-23-16-8-9-18(29-13-15-10-11-22-26(15)4)25-19(16)27(20)14-6-5-7-14/h8-11,14H,5-7,12-13H2,1-4H3,(H,23,24,28). The number of hydrogen-bond donors (Lipinski definition) is 1. The number of carbonyl (C=O) groups is 1. The number of hydrogen-bond acceptors (Lipinski definition) is 5. The van der Waals surface area contributed by atoms with Gasteiger partial charge in [0.15, 0.2) is 5.65 Å². The maximum Gasteiger partial charge on any atom is 0.227 e. The summed E-state index contributed by atoms with van der Waals surface area (Å²) in [7, 11) is 1.88. The van der Waals surface area contributed by atoms with E-state index in [2.05, 4.69) is 40.7 Å². The summed E-state index contributed by atoms with van der Waals surface area (Å²) in [4.78, 5) is 21.9. The third-order valence-corrected chi connectivity index (χ3v) is 5.18. The molecule has 1 fully saturated rings. The van der Waals surface area contributed by atoms with Gasteiger partial charge in [-0.1, -0.05) is 20.8 Å². The third kappa shape index (κ3) is 4.26. The van der Waals surface area contributed by atoms with Gasteiger partial charge in [0.25, 0.3) is 0 Å². The molecule has 0 unspecified atom stereocenters. The van der Waals surface area contributed by atoms with Gasteiger partial charge in [-0.15, -0.1) is 0 Å². The van der Waals surface area contributed by atoms with Crippen LogP contribution in [0, 0.1) is 5.41 Å². The average molecular weight is 396 g/mol. The highest BCUT2D eigenvalue weighted by Gasteiger charge is 2.27. The molecule has 0 aromatic carbocycles. The minimum Gasteiger partial charge on any atom is -0.471 e.